The van der Waals surface area contributed by atoms with E-state index in [-0.39, 0.29) is 0 Å². The summed E-state index contributed by atoms with van der Waals surface area (Å²) in [5, 5.41) is 8.33. The summed E-state index contributed by atoms with van der Waals surface area (Å²) in [5.74, 6) is 0.897. The van der Waals surface area contributed by atoms with Crippen molar-refractivity contribution in [3.8, 4) is 5.75 Å². The largest absolute Gasteiger partial charge is 0.497 e. The third-order valence-corrected chi connectivity index (χ3v) is 4.83. The number of fused-ring (bicyclic) bond motifs is 1. The van der Waals surface area contributed by atoms with Crippen molar-refractivity contribution in [2.45, 2.75) is 19.3 Å². The van der Waals surface area contributed by atoms with E-state index in [1.54, 1.807) is 7.11 Å². The van der Waals surface area contributed by atoms with Gasteiger partial charge in [-0.2, -0.15) is 5.10 Å². The van der Waals surface area contributed by atoms with Crippen molar-refractivity contribution in [2.75, 3.05) is 46.5 Å². The maximum absolute atomic E-state index is 5.35. The summed E-state index contributed by atoms with van der Waals surface area (Å²) < 4.78 is 10.7. The molecule has 1 fully saturated rings. The smallest absolute Gasteiger partial charge is 0.187 e. The molecule has 6 nitrogen and oxygen atoms in total. The molecule has 136 valence electrons. The summed E-state index contributed by atoms with van der Waals surface area (Å²) in [7, 11) is 1.70. The van der Waals surface area contributed by atoms with Crippen molar-refractivity contribution in [2.24, 2.45) is 5.10 Å². The van der Waals surface area contributed by atoms with Crippen LogP contribution in [0, 0.1) is 0 Å². The maximum atomic E-state index is 5.35. The lowest BCUT2D eigenvalue weighted by molar-refractivity contribution is 0.0389. The van der Waals surface area contributed by atoms with E-state index >= 15 is 0 Å². The first-order valence-corrected chi connectivity index (χ1v) is 9.25. The van der Waals surface area contributed by atoms with Crippen LogP contribution in [0.5, 0.6) is 5.75 Å². The van der Waals surface area contributed by atoms with Crippen molar-refractivity contribution in [3.63, 3.8) is 0 Å². The van der Waals surface area contributed by atoms with Gasteiger partial charge in [-0.05, 0) is 55.2 Å². The lowest BCUT2D eigenvalue weighted by atomic mass is 9.90. The van der Waals surface area contributed by atoms with Gasteiger partial charge in [0.2, 0.25) is 0 Å². The lowest BCUT2D eigenvalue weighted by Crippen LogP contribution is -2.43. The highest BCUT2D eigenvalue weighted by molar-refractivity contribution is 7.80. The van der Waals surface area contributed by atoms with Gasteiger partial charge in [-0.1, -0.05) is 0 Å². The van der Waals surface area contributed by atoms with Crippen LogP contribution in [0.4, 0.5) is 0 Å². The standard InChI is InChI=1S/C18H26N4O2S/c1-23-15-5-6-16-14(13-15)3-2-4-17(16)20-21-18(25)19-7-8-22-9-11-24-12-10-22/h5-6,13H,2-4,7-12H2,1H3,(H2,19,21,25). The third kappa shape index (κ3) is 5.14. The molecule has 0 amide bonds. The van der Waals surface area contributed by atoms with Crippen molar-refractivity contribution in [1.29, 1.82) is 0 Å². The number of benzene rings is 1. The Hall–Kier alpha value is -1.70. The minimum absolute atomic E-state index is 0.571. The summed E-state index contributed by atoms with van der Waals surface area (Å²) >= 11 is 5.34. The van der Waals surface area contributed by atoms with E-state index in [0.29, 0.717) is 5.11 Å². The summed E-state index contributed by atoms with van der Waals surface area (Å²) in [6.45, 7) is 5.39. The summed E-state index contributed by atoms with van der Waals surface area (Å²) in [5.41, 5.74) is 6.53. The highest BCUT2D eigenvalue weighted by atomic mass is 32.1. The van der Waals surface area contributed by atoms with E-state index in [0.717, 1.165) is 70.1 Å². The predicted molar refractivity (Wildman–Crippen MR) is 103 cm³/mol. The fourth-order valence-corrected chi connectivity index (χ4v) is 3.34. The Bertz CT molecular complexity index is 630. The van der Waals surface area contributed by atoms with Crippen molar-refractivity contribution in [1.82, 2.24) is 15.6 Å². The number of nitrogens with zero attached hydrogens (tertiary/aromatic N) is 2. The molecule has 0 atom stereocenters. The van der Waals surface area contributed by atoms with E-state index in [2.05, 4.69) is 32.9 Å². The molecule has 1 aromatic rings. The number of morpholine rings is 1. The normalized spacial score (nSPS) is 19.3. The molecular weight excluding hydrogens is 336 g/mol. The molecule has 3 rings (SSSR count). The first kappa shape index (κ1) is 18.1. The van der Waals surface area contributed by atoms with E-state index in [9.17, 15) is 0 Å². The minimum atomic E-state index is 0.571. The van der Waals surface area contributed by atoms with Crippen LogP contribution in [-0.4, -0.2) is 62.2 Å². The highest BCUT2D eigenvalue weighted by Gasteiger charge is 2.16. The van der Waals surface area contributed by atoms with Crippen LogP contribution in [0.15, 0.2) is 23.3 Å². The van der Waals surface area contributed by atoms with Gasteiger partial charge in [0.15, 0.2) is 5.11 Å². The van der Waals surface area contributed by atoms with Crippen LogP contribution in [0.1, 0.15) is 24.0 Å². The fraction of sp³-hybridized carbons (Fsp3) is 0.556. The molecule has 25 heavy (non-hydrogen) atoms. The second kappa shape index (κ2) is 9.12. The average Bonchev–Trinajstić information content (AvgIpc) is 2.66. The zero-order chi connectivity index (χ0) is 17.5. The highest BCUT2D eigenvalue weighted by Crippen LogP contribution is 2.25. The van der Waals surface area contributed by atoms with Gasteiger partial charge in [-0.15, -0.1) is 0 Å². The first-order chi connectivity index (χ1) is 12.3. The average molecular weight is 362 g/mol. The number of thiocarbonyl (C=S) groups is 1. The van der Waals surface area contributed by atoms with Crippen LogP contribution >= 0.6 is 12.2 Å². The van der Waals surface area contributed by atoms with Gasteiger partial charge >= 0.3 is 0 Å². The number of rotatable bonds is 5. The predicted octanol–water partition coefficient (Wildman–Crippen LogP) is 1.53. The minimum Gasteiger partial charge on any atom is -0.497 e. The van der Waals surface area contributed by atoms with Gasteiger partial charge in [-0.25, -0.2) is 0 Å². The van der Waals surface area contributed by atoms with Gasteiger partial charge in [-0.3, -0.25) is 10.3 Å². The van der Waals surface area contributed by atoms with E-state index in [4.69, 9.17) is 21.7 Å². The van der Waals surface area contributed by atoms with Gasteiger partial charge < -0.3 is 14.8 Å². The van der Waals surface area contributed by atoms with Gasteiger partial charge in [0.1, 0.15) is 5.75 Å². The summed E-state index contributed by atoms with van der Waals surface area (Å²) in [4.78, 5) is 2.37. The van der Waals surface area contributed by atoms with Gasteiger partial charge in [0, 0.05) is 31.7 Å². The van der Waals surface area contributed by atoms with E-state index in [1.165, 1.54) is 11.1 Å². The number of hydrogen-bond acceptors (Lipinski definition) is 5. The Kier molecular flexibility index (Phi) is 6.61. The van der Waals surface area contributed by atoms with Crippen LogP contribution in [0.2, 0.25) is 0 Å². The Morgan fingerprint density at radius 3 is 2.96 bits per heavy atom. The molecule has 0 spiro atoms. The second-order valence-electron chi connectivity index (χ2n) is 6.26. The monoisotopic (exact) mass is 362 g/mol. The Labute approximate surface area is 154 Å². The first-order valence-electron chi connectivity index (χ1n) is 8.84. The zero-order valence-electron chi connectivity index (χ0n) is 14.7. The SMILES string of the molecule is COc1ccc2c(c1)CCCC2=NNC(=S)NCCN1CCOCC1. The van der Waals surface area contributed by atoms with Crippen molar-refractivity contribution >= 4 is 23.0 Å². The molecule has 0 unspecified atom stereocenters. The number of aryl methyl sites for hydroxylation is 1. The van der Waals surface area contributed by atoms with E-state index < -0.39 is 0 Å². The maximum Gasteiger partial charge on any atom is 0.187 e. The Morgan fingerprint density at radius 2 is 2.16 bits per heavy atom. The molecule has 2 aliphatic rings. The van der Waals surface area contributed by atoms with E-state index in [1.807, 2.05) is 6.07 Å². The molecule has 1 aliphatic heterocycles. The molecule has 1 aromatic carbocycles. The molecule has 0 radical (unpaired) electrons. The Balaban J connectivity index is 1.49. The molecule has 0 bridgehead atoms. The van der Waals surface area contributed by atoms with Crippen molar-refractivity contribution < 1.29 is 9.47 Å². The topological polar surface area (TPSA) is 58.1 Å². The zero-order valence-corrected chi connectivity index (χ0v) is 15.5. The Morgan fingerprint density at radius 1 is 1.32 bits per heavy atom. The van der Waals surface area contributed by atoms with Gasteiger partial charge in [0.25, 0.3) is 0 Å². The van der Waals surface area contributed by atoms with Gasteiger partial charge in [0.05, 0.1) is 26.0 Å². The molecule has 1 saturated heterocycles. The molecule has 1 heterocycles. The van der Waals surface area contributed by atoms with Crippen LogP contribution in [0.3, 0.4) is 0 Å². The molecule has 7 heteroatoms. The number of methoxy groups -OCH3 is 1. The quantitative estimate of drug-likeness (QED) is 0.612. The fourth-order valence-electron chi connectivity index (χ4n) is 3.19. The number of hydrazone groups is 1. The molecule has 0 saturated carbocycles. The van der Waals surface area contributed by atoms with Crippen LogP contribution in [0.25, 0.3) is 0 Å². The summed E-state index contributed by atoms with van der Waals surface area (Å²) in [6, 6.07) is 6.17. The number of ether oxygens (including phenoxy) is 2. The number of nitrogens with one attached hydrogen (secondary N) is 2. The third-order valence-electron chi connectivity index (χ3n) is 4.59. The molecule has 1 aliphatic carbocycles. The lowest BCUT2D eigenvalue weighted by Gasteiger charge is -2.26. The molecular formula is C18H26N4O2S. The number of hydrogen-bond donors (Lipinski definition) is 2. The van der Waals surface area contributed by atoms with Crippen LogP contribution in [-0.2, 0) is 11.2 Å². The summed E-state index contributed by atoms with van der Waals surface area (Å²) in [6.07, 6.45) is 3.12. The molecule has 2 N–H and O–H groups in total. The second-order valence-corrected chi connectivity index (χ2v) is 6.67. The van der Waals surface area contributed by atoms with Crippen molar-refractivity contribution in [3.05, 3.63) is 29.3 Å². The molecule has 0 aromatic heterocycles. The van der Waals surface area contributed by atoms with Crippen LogP contribution < -0.4 is 15.5 Å².